The fourth-order valence-corrected chi connectivity index (χ4v) is 1.70. The fraction of sp³-hybridized carbons (Fsp3) is 0.385. The summed E-state index contributed by atoms with van der Waals surface area (Å²) in [7, 11) is 0. The van der Waals surface area contributed by atoms with E-state index in [-0.39, 0.29) is 18.1 Å². The molecule has 0 aromatic heterocycles. The zero-order chi connectivity index (χ0) is 14.0. The van der Waals surface area contributed by atoms with Crippen LogP contribution in [0.5, 0.6) is 5.75 Å². The van der Waals surface area contributed by atoms with Crippen LogP contribution in [0.15, 0.2) is 17.2 Å². The molecule has 0 radical (unpaired) electrons. The van der Waals surface area contributed by atoms with Crippen LogP contribution in [0.2, 0.25) is 0 Å². The number of rotatable bonds is 3. The zero-order valence-corrected chi connectivity index (χ0v) is 10.8. The van der Waals surface area contributed by atoms with Gasteiger partial charge in [0.1, 0.15) is 6.61 Å². The molecule has 1 saturated heterocycles. The quantitative estimate of drug-likeness (QED) is 0.855. The van der Waals surface area contributed by atoms with Crippen LogP contribution in [-0.2, 0) is 4.74 Å². The van der Waals surface area contributed by atoms with Gasteiger partial charge in [-0.2, -0.15) is 10.1 Å². The Kier molecular flexibility index (Phi) is 3.69. The molecule has 1 N–H and O–H groups in total. The van der Waals surface area contributed by atoms with Crippen LogP contribution in [0.1, 0.15) is 30.9 Å². The monoisotopic (exact) mass is 266 g/mol. The lowest BCUT2D eigenvalue weighted by atomic mass is 10.0. The number of halogens is 1. The lowest BCUT2D eigenvalue weighted by Gasteiger charge is -2.09. The first-order chi connectivity index (χ1) is 8.99. The average Bonchev–Trinajstić information content (AvgIpc) is 2.76. The summed E-state index contributed by atoms with van der Waals surface area (Å²) in [4.78, 5) is 11.2. The molecule has 5 nitrogen and oxygen atoms in total. The van der Waals surface area contributed by atoms with E-state index in [0.29, 0.717) is 6.54 Å². The number of nitrogens with zero attached hydrogens (tertiary/aromatic N) is 2. The molecule has 19 heavy (non-hydrogen) atoms. The summed E-state index contributed by atoms with van der Waals surface area (Å²) in [5.41, 5.74) is 0.990. The van der Waals surface area contributed by atoms with Gasteiger partial charge >= 0.3 is 6.09 Å². The molecule has 0 spiro atoms. The molecule has 1 heterocycles. The SMILES string of the molecule is CC(C)c1cc(F)c(O)c(/C=N/N2CCOC2=O)c1. The molecule has 1 aliphatic heterocycles. The van der Waals surface area contributed by atoms with Crippen molar-refractivity contribution in [2.75, 3.05) is 13.2 Å². The number of amides is 1. The highest BCUT2D eigenvalue weighted by atomic mass is 19.1. The van der Waals surface area contributed by atoms with Gasteiger partial charge in [0.05, 0.1) is 12.8 Å². The third kappa shape index (κ3) is 2.83. The van der Waals surface area contributed by atoms with Gasteiger partial charge in [0.15, 0.2) is 11.6 Å². The molecule has 6 heteroatoms. The molecular formula is C13H15FN2O3. The van der Waals surface area contributed by atoms with Gasteiger partial charge < -0.3 is 9.84 Å². The van der Waals surface area contributed by atoms with Crippen LogP contribution in [-0.4, -0.2) is 35.6 Å². The van der Waals surface area contributed by atoms with Crippen molar-refractivity contribution in [3.63, 3.8) is 0 Å². The Bertz CT molecular complexity index is 529. The number of hydrazone groups is 1. The summed E-state index contributed by atoms with van der Waals surface area (Å²) in [6.45, 7) is 4.47. The van der Waals surface area contributed by atoms with Crippen molar-refractivity contribution in [3.05, 3.63) is 29.1 Å². The summed E-state index contributed by atoms with van der Waals surface area (Å²) < 4.78 is 18.3. The van der Waals surface area contributed by atoms with E-state index in [1.807, 2.05) is 13.8 Å². The Labute approximate surface area is 110 Å². The van der Waals surface area contributed by atoms with Crippen LogP contribution >= 0.6 is 0 Å². The minimum absolute atomic E-state index is 0.124. The molecule has 1 fully saturated rings. The number of carbonyl (C=O) groups is 1. The smallest absolute Gasteiger partial charge is 0.430 e. The Hall–Kier alpha value is -2.11. The lowest BCUT2D eigenvalue weighted by molar-refractivity contribution is 0.159. The molecule has 0 atom stereocenters. The second-order valence-electron chi connectivity index (χ2n) is 4.58. The van der Waals surface area contributed by atoms with Crippen LogP contribution in [0.3, 0.4) is 0 Å². The van der Waals surface area contributed by atoms with E-state index in [0.717, 1.165) is 10.6 Å². The van der Waals surface area contributed by atoms with Crippen molar-refractivity contribution in [2.24, 2.45) is 5.10 Å². The van der Waals surface area contributed by atoms with E-state index in [1.54, 1.807) is 6.07 Å². The number of aromatic hydroxyl groups is 1. The van der Waals surface area contributed by atoms with E-state index in [4.69, 9.17) is 4.74 Å². The number of hydrogen-bond acceptors (Lipinski definition) is 4. The average molecular weight is 266 g/mol. The van der Waals surface area contributed by atoms with Gasteiger partial charge in [-0.25, -0.2) is 9.18 Å². The van der Waals surface area contributed by atoms with Crippen molar-refractivity contribution in [1.29, 1.82) is 0 Å². The molecule has 0 unspecified atom stereocenters. The number of phenols is 1. The lowest BCUT2D eigenvalue weighted by Crippen LogP contribution is -2.17. The Balaban J connectivity index is 2.28. The Morgan fingerprint density at radius 2 is 2.26 bits per heavy atom. The van der Waals surface area contributed by atoms with E-state index < -0.39 is 17.7 Å². The van der Waals surface area contributed by atoms with Gasteiger partial charge in [0.2, 0.25) is 0 Å². The van der Waals surface area contributed by atoms with Crippen molar-refractivity contribution in [1.82, 2.24) is 5.01 Å². The Morgan fingerprint density at radius 3 is 2.84 bits per heavy atom. The minimum atomic E-state index is -0.698. The molecule has 0 bridgehead atoms. The maximum absolute atomic E-state index is 13.6. The Morgan fingerprint density at radius 1 is 1.53 bits per heavy atom. The van der Waals surface area contributed by atoms with Crippen LogP contribution < -0.4 is 0 Å². The summed E-state index contributed by atoms with van der Waals surface area (Å²) in [5, 5.41) is 14.7. The summed E-state index contributed by atoms with van der Waals surface area (Å²) in [6, 6.07) is 2.94. The third-order valence-corrected chi connectivity index (χ3v) is 2.86. The topological polar surface area (TPSA) is 62.1 Å². The fourth-order valence-electron chi connectivity index (χ4n) is 1.70. The van der Waals surface area contributed by atoms with E-state index in [2.05, 4.69) is 5.10 Å². The van der Waals surface area contributed by atoms with E-state index in [1.165, 1.54) is 12.3 Å². The van der Waals surface area contributed by atoms with Gasteiger partial charge in [0, 0.05) is 5.56 Å². The highest BCUT2D eigenvalue weighted by Crippen LogP contribution is 2.25. The van der Waals surface area contributed by atoms with Crippen molar-refractivity contribution in [2.45, 2.75) is 19.8 Å². The first kappa shape index (κ1) is 13.3. The zero-order valence-electron chi connectivity index (χ0n) is 10.8. The normalized spacial score (nSPS) is 15.6. The third-order valence-electron chi connectivity index (χ3n) is 2.86. The molecule has 1 aromatic carbocycles. The van der Waals surface area contributed by atoms with Crippen molar-refractivity contribution in [3.8, 4) is 5.75 Å². The number of hydrogen-bond donors (Lipinski definition) is 1. The van der Waals surface area contributed by atoms with E-state index >= 15 is 0 Å². The molecule has 1 aliphatic rings. The molecule has 1 amide bonds. The first-order valence-corrected chi connectivity index (χ1v) is 5.99. The van der Waals surface area contributed by atoms with Crippen LogP contribution in [0.4, 0.5) is 9.18 Å². The first-order valence-electron chi connectivity index (χ1n) is 5.99. The highest BCUT2D eigenvalue weighted by Gasteiger charge is 2.21. The van der Waals surface area contributed by atoms with Crippen LogP contribution in [0.25, 0.3) is 0 Å². The predicted octanol–water partition coefficient (Wildman–Crippen LogP) is 2.44. The standard InChI is InChI=1S/C13H15FN2O3/c1-8(2)9-5-10(12(17)11(14)6-9)7-15-16-3-4-19-13(16)18/h5-8,17H,3-4H2,1-2H3/b15-7+. The number of ether oxygens (including phenoxy) is 1. The summed E-state index contributed by atoms with van der Waals surface area (Å²) in [5.74, 6) is -1.05. The summed E-state index contributed by atoms with van der Waals surface area (Å²) >= 11 is 0. The van der Waals surface area contributed by atoms with Gasteiger partial charge in [0.25, 0.3) is 0 Å². The van der Waals surface area contributed by atoms with Crippen LogP contribution in [0, 0.1) is 5.82 Å². The van der Waals surface area contributed by atoms with Gasteiger partial charge in [-0.3, -0.25) is 0 Å². The molecule has 2 rings (SSSR count). The number of benzene rings is 1. The minimum Gasteiger partial charge on any atom is -0.504 e. The van der Waals surface area contributed by atoms with Gasteiger partial charge in [-0.1, -0.05) is 13.8 Å². The number of phenolic OH excluding ortho intramolecular Hbond substituents is 1. The molecule has 0 aliphatic carbocycles. The maximum atomic E-state index is 13.6. The number of cyclic esters (lactones) is 1. The van der Waals surface area contributed by atoms with Gasteiger partial charge in [-0.05, 0) is 23.6 Å². The maximum Gasteiger partial charge on any atom is 0.430 e. The van der Waals surface area contributed by atoms with Gasteiger partial charge in [-0.15, -0.1) is 0 Å². The largest absolute Gasteiger partial charge is 0.504 e. The molecule has 0 saturated carbocycles. The highest BCUT2D eigenvalue weighted by molar-refractivity contribution is 5.84. The number of carbonyl (C=O) groups excluding carboxylic acids is 1. The molecule has 1 aromatic rings. The van der Waals surface area contributed by atoms with Crippen molar-refractivity contribution < 1.29 is 19.0 Å². The predicted molar refractivity (Wildman–Crippen MR) is 67.8 cm³/mol. The van der Waals surface area contributed by atoms with Crippen molar-refractivity contribution >= 4 is 12.3 Å². The summed E-state index contributed by atoms with van der Waals surface area (Å²) in [6.07, 6.45) is 0.716. The second-order valence-corrected chi connectivity index (χ2v) is 4.58. The molecule has 102 valence electrons. The second kappa shape index (κ2) is 5.26. The molecular weight excluding hydrogens is 251 g/mol. The van der Waals surface area contributed by atoms with E-state index in [9.17, 15) is 14.3 Å².